The molecule has 22 heavy (non-hydrogen) atoms. The zero-order chi connectivity index (χ0) is 16.2. The quantitative estimate of drug-likeness (QED) is 0.843. The molecule has 1 aromatic rings. The number of aromatic amines is 1. The number of H-pyrrole nitrogens is 1. The van der Waals surface area contributed by atoms with Gasteiger partial charge >= 0.3 is 12.1 Å². The second-order valence-corrected chi connectivity index (χ2v) is 5.69. The van der Waals surface area contributed by atoms with E-state index in [9.17, 15) is 13.2 Å². The van der Waals surface area contributed by atoms with Crippen LogP contribution in [0, 0.1) is 17.8 Å². The number of carboxylic acid groups (broad SMARTS) is 1. The Labute approximate surface area is 125 Å². The van der Waals surface area contributed by atoms with E-state index in [2.05, 4.69) is 10.2 Å². The van der Waals surface area contributed by atoms with Gasteiger partial charge in [0, 0.05) is 12.3 Å². The Morgan fingerprint density at radius 1 is 1.36 bits per heavy atom. The molecule has 124 valence electrons. The lowest BCUT2D eigenvalue weighted by Gasteiger charge is -2.14. The van der Waals surface area contributed by atoms with Crippen LogP contribution < -0.4 is 4.74 Å². The lowest BCUT2D eigenvalue weighted by Crippen LogP contribution is -2.21. The molecule has 1 heterocycles. The Morgan fingerprint density at radius 2 is 1.91 bits per heavy atom. The largest absolute Gasteiger partial charge is 0.490 e. The summed E-state index contributed by atoms with van der Waals surface area (Å²) in [5.74, 6) is 0.984. The molecule has 0 amide bonds. The van der Waals surface area contributed by atoms with Gasteiger partial charge in [0.05, 0.1) is 6.61 Å². The summed E-state index contributed by atoms with van der Waals surface area (Å²) in [6.45, 7) is 0.836. The van der Waals surface area contributed by atoms with Crippen LogP contribution in [0.2, 0.25) is 0 Å². The van der Waals surface area contributed by atoms with E-state index in [1.54, 1.807) is 6.20 Å². The van der Waals surface area contributed by atoms with Crippen LogP contribution >= 0.6 is 0 Å². The number of halogens is 3. The van der Waals surface area contributed by atoms with E-state index in [1.165, 1.54) is 32.1 Å². The zero-order valence-corrected chi connectivity index (χ0v) is 12.0. The van der Waals surface area contributed by atoms with Crippen molar-refractivity contribution in [2.45, 2.75) is 38.3 Å². The molecule has 0 aliphatic heterocycles. The Morgan fingerprint density at radius 3 is 2.27 bits per heavy atom. The summed E-state index contributed by atoms with van der Waals surface area (Å²) in [6.07, 6.45) is 3.79. The number of aliphatic carboxylic acids is 1. The third-order valence-electron chi connectivity index (χ3n) is 3.87. The first kappa shape index (κ1) is 16.6. The molecule has 2 N–H and O–H groups in total. The van der Waals surface area contributed by atoms with Crippen LogP contribution in [0.25, 0.3) is 0 Å². The second-order valence-electron chi connectivity index (χ2n) is 5.69. The van der Waals surface area contributed by atoms with Gasteiger partial charge in [-0.05, 0) is 49.9 Å². The highest BCUT2D eigenvalue weighted by Crippen LogP contribution is 2.50. The van der Waals surface area contributed by atoms with Crippen LogP contribution in [-0.2, 0) is 4.79 Å². The average Bonchev–Trinajstić information content (AvgIpc) is 3.36. The molecule has 2 saturated carbocycles. The van der Waals surface area contributed by atoms with Crippen molar-refractivity contribution in [1.29, 1.82) is 0 Å². The van der Waals surface area contributed by atoms with Crippen molar-refractivity contribution in [3.63, 3.8) is 0 Å². The summed E-state index contributed by atoms with van der Waals surface area (Å²) in [4.78, 5) is 8.90. The summed E-state index contributed by atoms with van der Waals surface area (Å²) < 4.78 is 37.3. The van der Waals surface area contributed by atoms with Crippen LogP contribution in [0.15, 0.2) is 12.3 Å². The van der Waals surface area contributed by atoms with Crippen molar-refractivity contribution < 1.29 is 27.8 Å². The summed E-state index contributed by atoms with van der Waals surface area (Å²) in [6, 6.07) is 1.88. The van der Waals surface area contributed by atoms with Crippen molar-refractivity contribution in [3.05, 3.63) is 12.3 Å². The number of carbonyl (C=O) groups is 1. The maximum atomic E-state index is 10.6. The Kier molecular flexibility index (Phi) is 5.31. The molecule has 0 aromatic carbocycles. The van der Waals surface area contributed by atoms with Crippen molar-refractivity contribution in [2.24, 2.45) is 17.8 Å². The van der Waals surface area contributed by atoms with E-state index in [1.807, 2.05) is 6.07 Å². The molecule has 0 spiro atoms. The van der Waals surface area contributed by atoms with Crippen LogP contribution in [0.4, 0.5) is 13.2 Å². The van der Waals surface area contributed by atoms with Gasteiger partial charge in [0.2, 0.25) is 5.88 Å². The third kappa shape index (κ3) is 5.57. The molecular formula is C14H19F3N2O3. The molecule has 0 saturated heterocycles. The van der Waals surface area contributed by atoms with Crippen molar-refractivity contribution in [1.82, 2.24) is 10.2 Å². The third-order valence-corrected chi connectivity index (χ3v) is 3.87. The van der Waals surface area contributed by atoms with Gasteiger partial charge in [-0.15, -0.1) is 5.10 Å². The Balaban J connectivity index is 0.000000217. The van der Waals surface area contributed by atoms with Crippen LogP contribution in [-0.4, -0.2) is 34.1 Å². The first-order valence-electron chi connectivity index (χ1n) is 7.30. The topological polar surface area (TPSA) is 75.2 Å². The van der Waals surface area contributed by atoms with Gasteiger partial charge in [-0.1, -0.05) is 0 Å². The van der Waals surface area contributed by atoms with Gasteiger partial charge in [-0.3, -0.25) is 5.10 Å². The fourth-order valence-corrected chi connectivity index (χ4v) is 2.53. The maximum Gasteiger partial charge on any atom is 0.490 e. The molecule has 1 aromatic heterocycles. The van der Waals surface area contributed by atoms with E-state index in [4.69, 9.17) is 14.6 Å². The number of nitrogens with one attached hydrogen (secondary N) is 1. The maximum absolute atomic E-state index is 10.6. The van der Waals surface area contributed by atoms with Gasteiger partial charge < -0.3 is 9.84 Å². The molecule has 2 aliphatic rings. The van der Waals surface area contributed by atoms with E-state index in [0.29, 0.717) is 0 Å². The predicted molar refractivity (Wildman–Crippen MR) is 71.3 cm³/mol. The molecule has 8 heteroatoms. The number of nitrogens with zero attached hydrogens (tertiary/aromatic N) is 1. The fourth-order valence-electron chi connectivity index (χ4n) is 2.53. The van der Waals surface area contributed by atoms with Gasteiger partial charge in [0.25, 0.3) is 0 Å². The minimum absolute atomic E-state index is 0.736. The smallest absolute Gasteiger partial charge is 0.477 e. The molecule has 2 aliphatic carbocycles. The van der Waals surface area contributed by atoms with Gasteiger partial charge in [-0.2, -0.15) is 13.2 Å². The zero-order valence-electron chi connectivity index (χ0n) is 12.0. The Bertz CT molecular complexity index is 456. The minimum atomic E-state index is -5.08. The lowest BCUT2D eigenvalue weighted by molar-refractivity contribution is -0.192. The van der Waals surface area contributed by atoms with E-state index in [0.717, 1.165) is 30.2 Å². The summed E-state index contributed by atoms with van der Waals surface area (Å²) in [5, 5.41) is 13.9. The molecule has 0 atom stereocenters. The number of carboxylic acids is 1. The first-order valence-corrected chi connectivity index (χ1v) is 7.30. The van der Waals surface area contributed by atoms with Crippen molar-refractivity contribution in [2.75, 3.05) is 6.61 Å². The highest BCUT2D eigenvalue weighted by Gasteiger charge is 2.41. The first-order chi connectivity index (χ1) is 10.4. The number of hydrogen-bond acceptors (Lipinski definition) is 3. The number of hydrogen-bond donors (Lipinski definition) is 2. The number of alkyl halides is 3. The number of aromatic nitrogens is 2. The lowest BCUT2D eigenvalue weighted by atomic mass is 9.95. The van der Waals surface area contributed by atoms with E-state index >= 15 is 0 Å². The predicted octanol–water partition coefficient (Wildman–Crippen LogP) is 3.25. The molecule has 2 fully saturated rings. The van der Waals surface area contributed by atoms with Crippen LogP contribution in [0.1, 0.15) is 32.1 Å². The highest BCUT2D eigenvalue weighted by molar-refractivity contribution is 5.73. The van der Waals surface area contributed by atoms with Gasteiger partial charge in [0.1, 0.15) is 0 Å². The normalized spacial score (nSPS) is 17.8. The number of ether oxygens (including phenoxy) is 1. The van der Waals surface area contributed by atoms with E-state index < -0.39 is 12.1 Å². The molecule has 0 radical (unpaired) electrons. The minimum Gasteiger partial charge on any atom is -0.477 e. The van der Waals surface area contributed by atoms with E-state index in [-0.39, 0.29) is 0 Å². The molecule has 0 unspecified atom stereocenters. The molecule has 5 nitrogen and oxygen atoms in total. The van der Waals surface area contributed by atoms with Crippen LogP contribution in [0.5, 0.6) is 5.88 Å². The summed E-state index contributed by atoms with van der Waals surface area (Å²) in [5.41, 5.74) is 0. The SMILES string of the molecule is O=C(O)C(F)(F)F.c1cc(OCCC(C2CC2)C2CC2)n[nH]1. The van der Waals surface area contributed by atoms with Crippen molar-refractivity contribution in [3.8, 4) is 5.88 Å². The molecule has 3 rings (SSSR count). The summed E-state index contributed by atoms with van der Waals surface area (Å²) in [7, 11) is 0. The Hall–Kier alpha value is -1.73. The van der Waals surface area contributed by atoms with Gasteiger partial charge in [-0.25, -0.2) is 4.79 Å². The summed E-state index contributed by atoms with van der Waals surface area (Å²) >= 11 is 0. The average molecular weight is 320 g/mol. The molecular weight excluding hydrogens is 301 g/mol. The van der Waals surface area contributed by atoms with Gasteiger partial charge in [0.15, 0.2) is 0 Å². The number of rotatable bonds is 6. The highest BCUT2D eigenvalue weighted by atomic mass is 19.4. The molecule has 0 bridgehead atoms. The monoisotopic (exact) mass is 320 g/mol. The standard InChI is InChI=1S/C12H18N2O.C2HF3O2/c1-2-9(1)11(10-3-4-10)6-8-15-12-5-7-13-14-12;3-2(4,5)1(6)7/h5,7,9-11H,1-4,6,8H2,(H,13,14);(H,6,7). The fraction of sp³-hybridized carbons (Fsp3) is 0.714. The second kappa shape index (κ2) is 7.02. The van der Waals surface area contributed by atoms with Crippen molar-refractivity contribution >= 4 is 5.97 Å². The van der Waals surface area contributed by atoms with Crippen LogP contribution in [0.3, 0.4) is 0 Å².